The topological polar surface area (TPSA) is 45.7 Å². The van der Waals surface area contributed by atoms with Gasteiger partial charge >= 0.3 is 0 Å². The molecule has 1 amide bonds. The summed E-state index contributed by atoms with van der Waals surface area (Å²) in [6.07, 6.45) is 6.62. The Balaban J connectivity index is 1.35. The number of rotatable bonds is 5. The van der Waals surface area contributed by atoms with Crippen molar-refractivity contribution in [1.29, 1.82) is 0 Å². The Morgan fingerprint density at radius 2 is 2.04 bits per heavy atom. The van der Waals surface area contributed by atoms with Crippen molar-refractivity contribution in [3.05, 3.63) is 29.6 Å². The average molecular weight is 357 g/mol. The molecule has 3 heterocycles. The highest BCUT2D eigenvalue weighted by atomic mass is 16.5. The molecule has 4 rings (SSSR count). The van der Waals surface area contributed by atoms with Gasteiger partial charge in [-0.1, -0.05) is 6.07 Å². The maximum Gasteiger partial charge on any atom is 0.272 e. The van der Waals surface area contributed by atoms with E-state index in [-0.39, 0.29) is 5.91 Å². The minimum absolute atomic E-state index is 0.0766. The lowest BCUT2D eigenvalue weighted by Gasteiger charge is -2.42. The summed E-state index contributed by atoms with van der Waals surface area (Å²) in [7, 11) is 2.22. The van der Waals surface area contributed by atoms with Gasteiger partial charge in [0.2, 0.25) is 0 Å². The number of hydrogen-bond acceptors (Lipinski definition) is 4. The number of aryl methyl sites for hydroxylation is 1. The molecule has 1 aromatic rings. The second kappa shape index (κ2) is 7.28. The normalized spacial score (nSPS) is 25.8. The van der Waals surface area contributed by atoms with Gasteiger partial charge in [-0.3, -0.25) is 9.78 Å². The second-order valence-electron chi connectivity index (χ2n) is 8.75. The van der Waals surface area contributed by atoms with Gasteiger partial charge in [-0.25, -0.2) is 0 Å². The lowest BCUT2D eigenvalue weighted by molar-refractivity contribution is 0.0178. The number of aromatic nitrogens is 1. The van der Waals surface area contributed by atoms with Gasteiger partial charge in [0.1, 0.15) is 5.69 Å². The average Bonchev–Trinajstić information content (AvgIpc) is 3.41. The molecule has 1 aromatic heterocycles. The van der Waals surface area contributed by atoms with Crippen LogP contribution in [-0.4, -0.2) is 67.1 Å². The third-order valence-corrected chi connectivity index (χ3v) is 6.53. The van der Waals surface area contributed by atoms with Crippen LogP contribution in [0.3, 0.4) is 0 Å². The van der Waals surface area contributed by atoms with Gasteiger partial charge in [-0.05, 0) is 62.6 Å². The van der Waals surface area contributed by atoms with Gasteiger partial charge in [-0.15, -0.1) is 0 Å². The highest BCUT2D eigenvalue weighted by Crippen LogP contribution is 2.44. The van der Waals surface area contributed by atoms with E-state index in [1.165, 1.54) is 12.8 Å². The van der Waals surface area contributed by atoms with Crippen molar-refractivity contribution >= 4 is 5.91 Å². The fraction of sp³-hybridized carbons (Fsp3) is 0.714. The molecular formula is C21H31N3O2. The molecule has 3 fully saturated rings. The molecule has 2 aliphatic heterocycles. The molecule has 1 aliphatic carbocycles. The zero-order chi connectivity index (χ0) is 18.1. The van der Waals surface area contributed by atoms with Crippen molar-refractivity contribution < 1.29 is 9.53 Å². The van der Waals surface area contributed by atoms with Crippen LogP contribution in [0.1, 0.15) is 41.7 Å². The molecule has 5 heteroatoms. The molecule has 3 aliphatic rings. The van der Waals surface area contributed by atoms with E-state index in [1.807, 2.05) is 24.0 Å². The largest absolute Gasteiger partial charge is 0.381 e. The summed E-state index contributed by atoms with van der Waals surface area (Å²) in [5.41, 5.74) is 1.97. The summed E-state index contributed by atoms with van der Waals surface area (Å²) in [4.78, 5) is 21.5. The van der Waals surface area contributed by atoms with E-state index in [9.17, 15) is 4.79 Å². The van der Waals surface area contributed by atoms with E-state index in [2.05, 4.69) is 16.9 Å². The Morgan fingerprint density at radius 3 is 2.69 bits per heavy atom. The number of hydrogen-bond donors (Lipinski definition) is 0. The number of ether oxygens (including phenoxy) is 1. The molecule has 0 N–H and O–H groups in total. The van der Waals surface area contributed by atoms with Crippen molar-refractivity contribution in [1.82, 2.24) is 14.8 Å². The van der Waals surface area contributed by atoms with Gasteiger partial charge in [0.05, 0.1) is 6.61 Å². The standard InChI is InChI=1S/C21H31N3O2/c1-16-3-6-19(22-11-16)20(25)24-9-7-21(8-10-24)15-23(2)12-18(21)14-26-13-17-4-5-17/h3,6,11,17-18H,4-5,7-10,12-15H2,1-2H3/t18-/m0/s1. The first-order valence-corrected chi connectivity index (χ1v) is 10.0. The Kier molecular flexibility index (Phi) is 5.02. The van der Waals surface area contributed by atoms with Crippen LogP contribution >= 0.6 is 0 Å². The first-order valence-electron chi connectivity index (χ1n) is 10.0. The van der Waals surface area contributed by atoms with Gasteiger partial charge in [0, 0.05) is 44.9 Å². The fourth-order valence-corrected chi connectivity index (χ4v) is 4.67. The van der Waals surface area contributed by atoms with Gasteiger partial charge < -0.3 is 14.5 Å². The predicted molar refractivity (Wildman–Crippen MR) is 101 cm³/mol. The fourth-order valence-electron chi connectivity index (χ4n) is 4.67. The predicted octanol–water partition coefficient (Wildman–Crippen LogP) is 2.60. The number of nitrogens with zero attached hydrogens (tertiary/aromatic N) is 3. The number of carbonyl (C=O) groups excluding carboxylic acids is 1. The number of amides is 1. The number of carbonyl (C=O) groups is 1. The van der Waals surface area contributed by atoms with Crippen molar-refractivity contribution in [2.45, 2.75) is 32.6 Å². The molecular weight excluding hydrogens is 326 g/mol. The van der Waals surface area contributed by atoms with Gasteiger partial charge in [0.15, 0.2) is 0 Å². The molecule has 1 saturated carbocycles. The molecule has 1 atom stereocenters. The zero-order valence-corrected chi connectivity index (χ0v) is 16.1. The maximum atomic E-state index is 12.7. The van der Waals surface area contributed by atoms with Crippen molar-refractivity contribution in [2.75, 3.05) is 46.4 Å². The van der Waals surface area contributed by atoms with Crippen LogP contribution in [0.5, 0.6) is 0 Å². The zero-order valence-electron chi connectivity index (χ0n) is 16.1. The quantitative estimate of drug-likeness (QED) is 0.813. The van der Waals surface area contributed by atoms with Crippen molar-refractivity contribution in [3.63, 3.8) is 0 Å². The first kappa shape index (κ1) is 17.9. The summed E-state index contributed by atoms with van der Waals surface area (Å²) in [6.45, 7) is 7.75. The van der Waals surface area contributed by atoms with Crippen LogP contribution in [0.15, 0.2) is 18.3 Å². The van der Waals surface area contributed by atoms with Crippen molar-refractivity contribution in [3.8, 4) is 0 Å². The number of likely N-dealkylation sites (tertiary alicyclic amines) is 2. The molecule has 0 radical (unpaired) electrons. The molecule has 26 heavy (non-hydrogen) atoms. The molecule has 2 saturated heterocycles. The third-order valence-electron chi connectivity index (χ3n) is 6.53. The molecule has 0 unspecified atom stereocenters. The lowest BCUT2D eigenvalue weighted by atomic mass is 9.71. The van der Waals surface area contributed by atoms with E-state index in [0.717, 1.165) is 63.7 Å². The minimum atomic E-state index is 0.0766. The maximum absolute atomic E-state index is 12.7. The Labute approximate surface area is 156 Å². The summed E-state index contributed by atoms with van der Waals surface area (Å²) in [6, 6.07) is 3.81. The Bertz CT molecular complexity index is 633. The number of pyridine rings is 1. The highest BCUT2D eigenvalue weighted by Gasteiger charge is 2.47. The van der Waals surface area contributed by atoms with Crippen LogP contribution in [0.4, 0.5) is 0 Å². The number of piperidine rings is 1. The van der Waals surface area contributed by atoms with E-state index in [4.69, 9.17) is 4.74 Å². The van der Waals surface area contributed by atoms with E-state index < -0.39 is 0 Å². The first-order chi connectivity index (χ1) is 12.6. The molecule has 0 bridgehead atoms. The highest BCUT2D eigenvalue weighted by molar-refractivity contribution is 5.92. The smallest absolute Gasteiger partial charge is 0.272 e. The van der Waals surface area contributed by atoms with Gasteiger partial charge in [0.25, 0.3) is 5.91 Å². The van der Waals surface area contributed by atoms with E-state index >= 15 is 0 Å². The summed E-state index contributed by atoms with van der Waals surface area (Å²) >= 11 is 0. The summed E-state index contributed by atoms with van der Waals surface area (Å²) in [5, 5.41) is 0. The van der Waals surface area contributed by atoms with Gasteiger partial charge in [-0.2, -0.15) is 0 Å². The van der Waals surface area contributed by atoms with Crippen molar-refractivity contribution in [2.24, 2.45) is 17.3 Å². The summed E-state index contributed by atoms with van der Waals surface area (Å²) < 4.78 is 6.05. The SMILES string of the molecule is Cc1ccc(C(=O)N2CCC3(CC2)CN(C)C[C@H]3COCC2CC2)nc1. The van der Waals surface area contributed by atoms with Crippen LogP contribution in [0, 0.1) is 24.2 Å². The minimum Gasteiger partial charge on any atom is -0.381 e. The molecule has 142 valence electrons. The Hall–Kier alpha value is -1.46. The van der Waals surface area contributed by atoms with Crippen LogP contribution in [0.25, 0.3) is 0 Å². The van der Waals surface area contributed by atoms with Crippen LogP contribution in [-0.2, 0) is 4.74 Å². The third kappa shape index (κ3) is 3.79. The second-order valence-corrected chi connectivity index (χ2v) is 8.75. The lowest BCUT2D eigenvalue weighted by Crippen LogP contribution is -2.47. The summed E-state index contributed by atoms with van der Waals surface area (Å²) in [5.74, 6) is 1.50. The van der Waals surface area contributed by atoms with E-state index in [1.54, 1.807) is 6.20 Å². The molecule has 5 nitrogen and oxygen atoms in total. The van der Waals surface area contributed by atoms with Crippen LogP contribution < -0.4 is 0 Å². The molecule has 0 aromatic carbocycles. The monoisotopic (exact) mass is 357 g/mol. The van der Waals surface area contributed by atoms with E-state index in [0.29, 0.717) is 17.0 Å². The molecule has 1 spiro atoms. The van der Waals surface area contributed by atoms with Crippen LogP contribution in [0.2, 0.25) is 0 Å². The Morgan fingerprint density at radius 1 is 1.27 bits per heavy atom.